The zero-order valence-corrected chi connectivity index (χ0v) is 13.9. The number of hydrogen-bond donors (Lipinski definition) is 2. The number of piperidine rings is 1. The van der Waals surface area contributed by atoms with Crippen molar-refractivity contribution in [3.8, 4) is 0 Å². The van der Waals surface area contributed by atoms with E-state index in [1.54, 1.807) is 0 Å². The largest absolute Gasteiger partial charge is 0.448 e. The van der Waals surface area contributed by atoms with Crippen LogP contribution in [0.3, 0.4) is 0 Å². The zero-order valence-electron chi connectivity index (χ0n) is 13.9. The molecule has 0 radical (unpaired) electrons. The van der Waals surface area contributed by atoms with E-state index >= 15 is 0 Å². The molecule has 0 saturated carbocycles. The van der Waals surface area contributed by atoms with E-state index in [1.807, 2.05) is 0 Å². The molecule has 1 aliphatic rings. The highest BCUT2D eigenvalue weighted by Gasteiger charge is 2.22. The zero-order chi connectivity index (χ0) is 15.8. The lowest BCUT2D eigenvalue weighted by molar-refractivity contribution is 0.0932. The van der Waals surface area contributed by atoms with Crippen molar-refractivity contribution in [2.45, 2.75) is 70.8 Å². The van der Waals surface area contributed by atoms with E-state index in [1.165, 1.54) is 25.5 Å². The van der Waals surface area contributed by atoms with Gasteiger partial charge in [0.05, 0.1) is 0 Å². The molecule has 1 saturated heterocycles. The van der Waals surface area contributed by atoms with Crippen LogP contribution in [-0.4, -0.2) is 30.0 Å². The monoisotopic (exact) mass is 307 g/mol. The van der Waals surface area contributed by atoms with Gasteiger partial charge in [0.15, 0.2) is 11.6 Å². The first-order valence-corrected chi connectivity index (χ1v) is 8.67. The third-order valence-corrected chi connectivity index (χ3v) is 4.27. The van der Waals surface area contributed by atoms with Crippen molar-refractivity contribution in [2.24, 2.45) is 0 Å². The molecule has 5 nitrogen and oxygen atoms in total. The third-order valence-electron chi connectivity index (χ3n) is 4.27. The minimum atomic E-state index is -0.123. The van der Waals surface area contributed by atoms with Crippen molar-refractivity contribution in [1.82, 2.24) is 15.6 Å². The van der Waals surface area contributed by atoms with Crippen molar-refractivity contribution < 1.29 is 9.21 Å². The summed E-state index contributed by atoms with van der Waals surface area (Å²) < 4.78 is 5.51. The van der Waals surface area contributed by atoms with Crippen LogP contribution < -0.4 is 10.6 Å². The van der Waals surface area contributed by atoms with Gasteiger partial charge in [-0.1, -0.05) is 32.6 Å². The minimum absolute atomic E-state index is 0.123. The van der Waals surface area contributed by atoms with Crippen LogP contribution in [0.25, 0.3) is 0 Å². The van der Waals surface area contributed by atoms with Gasteiger partial charge in [-0.3, -0.25) is 4.79 Å². The summed E-state index contributed by atoms with van der Waals surface area (Å²) in [6.45, 7) is 6.20. The molecule has 0 bridgehead atoms. The molecule has 2 unspecified atom stereocenters. The second-order valence-corrected chi connectivity index (χ2v) is 6.34. The lowest BCUT2D eigenvalue weighted by atomic mass is 10.00. The Morgan fingerprint density at radius 3 is 3.09 bits per heavy atom. The number of oxazole rings is 1. The molecule has 22 heavy (non-hydrogen) atoms. The first-order valence-electron chi connectivity index (χ1n) is 8.67. The van der Waals surface area contributed by atoms with E-state index < -0.39 is 0 Å². The number of hydrogen-bond acceptors (Lipinski definition) is 4. The number of rotatable bonds is 8. The molecular formula is C17H29N3O2. The Kier molecular flexibility index (Phi) is 6.90. The molecule has 5 heteroatoms. The van der Waals surface area contributed by atoms with Gasteiger partial charge in [-0.2, -0.15) is 0 Å². The van der Waals surface area contributed by atoms with Gasteiger partial charge in [-0.15, -0.1) is 0 Å². The van der Waals surface area contributed by atoms with E-state index in [0.29, 0.717) is 17.5 Å². The highest BCUT2D eigenvalue weighted by molar-refractivity contribution is 5.92. The van der Waals surface area contributed by atoms with Crippen LogP contribution in [0.15, 0.2) is 10.7 Å². The molecule has 1 aromatic heterocycles. The van der Waals surface area contributed by atoms with E-state index in [2.05, 4.69) is 29.5 Å². The van der Waals surface area contributed by atoms with Crippen molar-refractivity contribution in [1.29, 1.82) is 0 Å². The van der Waals surface area contributed by atoms with Crippen LogP contribution in [0.4, 0.5) is 0 Å². The summed E-state index contributed by atoms with van der Waals surface area (Å²) in [5.41, 5.74) is 0.404. The number of carbonyl (C=O) groups excluding carboxylic acids is 1. The predicted molar refractivity (Wildman–Crippen MR) is 87.0 cm³/mol. The molecule has 1 aromatic rings. The van der Waals surface area contributed by atoms with Crippen molar-refractivity contribution in [3.05, 3.63) is 17.8 Å². The van der Waals surface area contributed by atoms with E-state index in [0.717, 1.165) is 38.8 Å². The maximum atomic E-state index is 12.2. The van der Waals surface area contributed by atoms with Gasteiger partial charge >= 0.3 is 0 Å². The van der Waals surface area contributed by atoms with Crippen molar-refractivity contribution in [2.75, 3.05) is 13.1 Å². The average molecular weight is 307 g/mol. The molecule has 2 atom stereocenters. The number of carbonyl (C=O) groups is 1. The molecule has 0 aliphatic carbocycles. The Bertz CT molecular complexity index is 453. The summed E-state index contributed by atoms with van der Waals surface area (Å²) >= 11 is 0. The summed E-state index contributed by atoms with van der Waals surface area (Å²) in [6.07, 6.45) is 9.60. The maximum absolute atomic E-state index is 12.2. The third kappa shape index (κ3) is 5.13. The van der Waals surface area contributed by atoms with Crippen LogP contribution >= 0.6 is 0 Å². The van der Waals surface area contributed by atoms with Crippen molar-refractivity contribution in [3.63, 3.8) is 0 Å². The topological polar surface area (TPSA) is 67.2 Å². The Balaban J connectivity index is 1.78. The normalized spacial score (nSPS) is 19.8. The van der Waals surface area contributed by atoms with Gasteiger partial charge in [-0.25, -0.2) is 4.98 Å². The molecular weight excluding hydrogens is 278 g/mol. The van der Waals surface area contributed by atoms with Crippen LogP contribution in [0, 0.1) is 0 Å². The number of aromatic nitrogens is 1. The highest BCUT2D eigenvalue weighted by Crippen LogP contribution is 2.22. The Labute approximate surface area is 133 Å². The molecule has 0 aromatic carbocycles. The number of unbranched alkanes of at least 4 members (excludes halogenated alkanes) is 3. The van der Waals surface area contributed by atoms with Gasteiger partial charge in [0.1, 0.15) is 6.26 Å². The molecule has 2 rings (SSSR count). The Morgan fingerprint density at radius 1 is 1.50 bits per heavy atom. The highest BCUT2D eigenvalue weighted by atomic mass is 16.3. The van der Waals surface area contributed by atoms with Gasteiger partial charge in [-0.05, 0) is 32.7 Å². The van der Waals surface area contributed by atoms with Crippen LogP contribution in [0.2, 0.25) is 0 Å². The molecule has 2 heterocycles. The number of amides is 1. The van der Waals surface area contributed by atoms with Gasteiger partial charge in [0.2, 0.25) is 0 Å². The van der Waals surface area contributed by atoms with E-state index in [4.69, 9.17) is 4.42 Å². The van der Waals surface area contributed by atoms with E-state index in [9.17, 15) is 4.79 Å². The standard InChI is InChI=1S/C17H29N3O2/c1-3-4-5-6-8-13(2)19-16(21)15-12-22-17(20-15)14-9-7-10-18-11-14/h12-14,18H,3-11H2,1-2H3,(H,19,21). The second-order valence-electron chi connectivity index (χ2n) is 6.34. The Hall–Kier alpha value is -1.36. The second kappa shape index (κ2) is 8.93. The first kappa shape index (κ1) is 17.0. The van der Waals surface area contributed by atoms with Crippen LogP contribution in [0.1, 0.15) is 81.1 Å². The maximum Gasteiger partial charge on any atom is 0.273 e. The molecule has 2 N–H and O–H groups in total. The first-order chi connectivity index (χ1) is 10.7. The summed E-state index contributed by atoms with van der Waals surface area (Å²) in [7, 11) is 0. The minimum Gasteiger partial charge on any atom is -0.448 e. The van der Waals surface area contributed by atoms with Gasteiger partial charge in [0, 0.05) is 18.5 Å². The smallest absolute Gasteiger partial charge is 0.273 e. The summed E-state index contributed by atoms with van der Waals surface area (Å²) in [6, 6.07) is 0.181. The molecule has 1 aliphatic heterocycles. The lowest BCUT2D eigenvalue weighted by Crippen LogP contribution is -2.33. The number of nitrogens with one attached hydrogen (secondary N) is 2. The van der Waals surface area contributed by atoms with E-state index in [-0.39, 0.29) is 11.9 Å². The predicted octanol–water partition coefficient (Wildman–Crippen LogP) is 3.23. The fourth-order valence-electron chi connectivity index (χ4n) is 2.89. The molecule has 1 fully saturated rings. The summed E-state index contributed by atoms with van der Waals surface area (Å²) in [4.78, 5) is 16.6. The SMILES string of the molecule is CCCCCCC(C)NC(=O)c1coc(C2CCCNC2)n1. The quantitative estimate of drug-likeness (QED) is 0.724. The van der Waals surface area contributed by atoms with Gasteiger partial charge < -0.3 is 15.1 Å². The summed E-state index contributed by atoms with van der Waals surface area (Å²) in [5, 5.41) is 6.35. The molecule has 1 amide bonds. The van der Waals surface area contributed by atoms with Crippen molar-refractivity contribution >= 4 is 5.91 Å². The average Bonchev–Trinajstić information content (AvgIpc) is 3.02. The molecule has 0 spiro atoms. The van der Waals surface area contributed by atoms with Crippen LogP contribution in [0.5, 0.6) is 0 Å². The lowest BCUT2D eigenvalue weighted by Gasteiger charge is -2.19. The fraction of sp³-hybridized carbons (Fsp3) is 0.765. The fourth-order valence-corrected chi connectivity index (χ4v) is 2.89. The Morgan fingerprint density at radius 2 is 2.36 bits per heavy atom. The molecule has 124 valence electrons. The van der Waals surface area contributed by atoms with Gasteiger partial charge in [0.25, 0.3) is 5.91 Å². The number of nitrogens with zero attached hydrogens (tertiary/aromatic N) is 1. The summed E-state index contributed by atoms with van der Waals surface area (Å²) in [5.74, 6) is 0.858. The van der Waals surface area contributed by atoms with Crippen LogP contribution in [-0.2, 0) is 0 Å².